The van der Waals surface area contributed by atoms with Crippen molar-refractivity contribution in [3.8, 4) is 0 Å². The van der Waals surface area contributed by atoms with Gasteiger partial charge in [-0.1, -0.05) is 0 Å². The molecule has 1 aromatic carbocycles. The van der Waals surface area contributed by atoms with E-state index < -0.39 is 0 Å². The van der Waals surface area contributed by atoms with Gasteiger partial charge in [0.1, 0.15) is 0 Å². The van der Waals surface area contributed by atoms with Crippen molar-refractivity contribution < 1.29 is 13.9 Å². The second kappa shape index (κ2) is 6.01. The van der Waals surface area contributed by atoms with E-state index in [0.717, 1.165) is 31.1 Å². The fourth-order valence-corrected chi connectivity index (χ4v) is 2.45. The Hall–Kier alpha value is -2.27. The number of nitrogens with one attached hydrogen (secondary N) is 1. The molecule has 21 heavy (non-hydrogen) atoms. The van der Waals surface area contributed by atoms with Crippen LogP contribution in [0.5, 0.6) is 0 Å². The molecular formula is C16H18N2O3. The summed E-state index contributed by atoms with van der Waals surface area (Å²) in [5.41, 5.74) is 1.89. The van der Waals surface area contributed by atoms with Gasteiger partial charge in [-0.05, 0) is 43.3 Å². The highest BCUT2D eigenvalue weighted by atomic mass is 16.5. The molecule has 1 aliphatic heterocycles. The molecule has 0 spiro atoms. The van der Waals surface area contributed by atoms with Gasteiger partial charge in [-0.15, -0.1) is 0 Å². The smallest absolute Gasteiger partial charge is 0.291 e. The average molecular weight is 286 g/mol. The molecule has 0 aliphatic carbocycles. The number of furan rings is 1. The Morgan fingerprint density at radius 1 is 1.29 bits per heavy atom. The second-order valence-electron chi connectivity index (χ2n) is 5.10. The number of amides is 1. The summed E-state index contributed by atoms with van der Waals surface area (Å²) in [5, 5.41) is 2.81. The third-order valence-electron chi connectivity index (χ3n) is 3.57. The molecule has 1 unspecified atom stereocenters. The van der Waals surface area contributed by atoms with Crippen LogP contribution in [0.25, 0.3) is 0 Å². The minimum atomic E-state index is -0.243. The van der Waals surface area contributed by atoms with Crippen molar-refractivity contribution in [2.75, 3.05) is 30.0 Å². The maximum absolute atomic E-state index is 11.9. The first-order valence-electron chi connectivity index (χ1n) is 7.03. The summed E-state index contributed by atoms with van der Waals surface area (Å²) < 4.78 is 10.5. The van der Waals surface area contributed by atoms with Gasteiger partial charge >= 0.3 is 0 Å². The van der Waals surface area contributed by atoms with Crippen LogP contribution in [0.15, 0.2) is 47.1 Å². The Labute approximate surface area is 123 Å². The minimum absolute atomic E-state index is 0.243. The lowest BCUT2D eigenvalue weighted by Gasteiger charge is -2.35. The molecule has 0 saturated carbocycles. The number of carbonyl (C=O) groups is 1. The predicted molar refractivity (Wildman–Crippen MR) is 80.7 cm³/mol. The highest BCUT2D eigenvalue weighted by molar-refractivity contribution is 6.02. The van der Waals surface area contributed by atoms with Crippen LogP contribution in [-0.2, 0) is 4.74 Å². The van der Waals surface area contributed by atoms with Crippen LogP contribution in [0.1, 0.15) is 17.5 Å². The topological polar surface area (TPSA) is 54.7 Å². The monoisotopic (exact) mass is 286 g/mol. The van der Waals surface area contributed by atoms with Crippen LogP contribution in [0.4, 0.5) is 11.4 Å². The highest BCUT2D eigenvalue weighted by Crippen LogP contribution is 2.22. The Kier molecular flexibility index (Phi) is 3.92. The lowest BCUT2D eigenvalue weighted by atomic mass is 10.2. The summed E-state index contributed by atoms with van der Waals surface area (Å²) in [5.74, 6) is 0.0633. The molecule has 1 amide bonds. The summed E-state index contributed by atoms with van der Waals surface area (Å²) in [4.78, 5) is 14.2. The van der Waals surface area contributed by atoms with Gasteiger partial charge in [0, 0.05) is 24.0 Å². The van der Waals surface area contributed by atoms with Gasteiger partial charge in [0.15, 0.2) is 5.76 Å². The molecule has 3 rings (SSSR count). The quantitative estimate of drug-likeness (QED) is 0.942. The number of rotatable bonds is 3. The lowest BCUT2D eigenvalue weighted by Crippen LogP contribution is -2.43. The normalized spacial score (nSPS) is 18.5. The number of morpholine rings is 1. The van der Waals surface area contributed by atoms with E-state index in [1.165, 1.54) is 6.26 Å². The third-order valence-corrected chi connectivity index (χ3v) is 3.57. The lowest BCUT2D eigenvalue weighted by molar-refractivity contribution is 0.0989. The molecule has 2 aromatic rings. The van der Waals surface area contributed by atoms with Gasteiger partial charge in [-0.2, -0.15) is 0 Å². The van der Waals surface area contributed by atoms with Gasteiger partial charge in [-0.3, -0.25) is 4.79 Å². The zero-order valence-electron chi connectivity index (χ0n) is 11.9. The molecule has 0 bridgehead atoms. The van der Waals surface area contributed by atoms with Crippen LogP contribution in [0.2, 0.25) is 0 Å². The number of ether oxygens (including phenoxy) is 1. The van der Waals surface area contributed by atoms with Gasteiger partial charge in [-0.25, -0.2) is 0 Å². The van der Waals surface area contributed by atoms with E-state index in [0.29, 0.717) is 11.8 Å². The first-order valence-corrected chi connectivity index (χ1v) is 7.03. The molecule has 2 heterocycles. The molecule has 1 saturated heterocycles. The van der Waals surface area contributed by atoms with Crippen molar-refractivity contribution in [3.63, 3.8) is 0 Å². The van der Waals surface area contributed by atoms with Crippen LogP contribution in [-0.4, -0.2) is 31.7 Å². The van der Waals surface area contributed by atoms with Crippen LogP contribution in [0, 0.1) is 0 Å². The van der Waals surface area contributed by atoms with E-state index in [1.807, 2.05) is 24.3 Å². The maximum atomic E-state index is 11.9. The summed E-state index contributed by atoms with van der Waals surface area (Å²) in [6, 6.07) is 11.5. The largest absolute Gasteiger partial charge is 0.459 e. The predicted octanol–water partition coefficient (Wildman–Crippen LogP) is 2.76. The second-order valence-corrected chi connectivity index (χ2v) is 5.10. The Morgan fingerprint density at radius 2 is 2.10 bits per heavy atom. The van der Waals surface area contributed by atoms with E-state index in [4.69, 9.17) is 9.15 Å². The zero-order valence-corrected chi connectivity index (χ0v) is 11.9. The van der Waals surface area contributed by atoms with Crippen molar-refractivity contribution in [3.05, 3.63) is 48.4 Å². The SMILES string of the molecule is CC1COCCN1c1ccc(NC(=O)c2ccco2)cc1. The van der Waals surface area contributed by atoms with Crippen molar-refractivity contribution in [1.82, 2.24) is 0 Å². The van der Waals surface area contributed by atoms with E-state index >= 15 is 0 Å². The number of anilines is 2. The molecule has 110 valence electrons. The van der Waals surface area contributed by atoms with E-state index in [1.54, 1.807) is 12.1 Å². The number of hydrogen-bond donors (Lipinski definition) is 1. The number of hydrogen-bond acceptors (Lipinski definition) is 4. The zero-order chi connectivity index (χ0) is 14.7. The minimum Gasteiger partial charge on any atom is -0.459 e. The van der Waals surface area contributed by atoms with Crippen molar-refractivity contribution in [1.29, 1.82) is 0 Å². The molecule has 0 radical (unpaired) electrons. The average Bonchev–Trinajstić information content (AvgIpc) is 3.03. The van der Waals surface area contributed by atoms with Crippen molar-refractivity contribution in [2.24, 2.45) is 0 Å². The number of carbonyl (C=O) groups excluding carboxylic acids is 1. The summed E-state index contributed by atoms with van der Waals surface area (Å²) in [6.07, 6.45) is 1.48. The van der Waals surface area contributed by atoms with E-state index in [2.05, 4.69) is 17.1 Å². The van der Waals surface area contributed by atoms with Crippen LogP contribution < -0.4 is 10.2 Å². The molecule has 1 aliphatic rings. The standard InChI is InChI=1S/C16H18N2O3/c1-12-11-20-10-8-18(12)14-6-4-13(5-7-14)17-16(19)15-3-2-9-21-15/h2-7,9,12H,8,10-11H2,1H3,(H,17,19). The van der Waals surface area contributed by atoms with Crippen LogP contribution >= 0.6 is 0 Å². The first-order chi connectivity index (χ1) is 10.2. The molecule has 1 N–H and O–H groups in total. The van der Waals surface area contributed by atoms with Gasteiger partial charge in [0.25, 0.3) is 5.91 Å². The van der Waals surface area contributed by atoms with Gasteiger partial charge in [0.05, 0.1) is 19.5 Å². The molecule has 1 aromatic heterocycles. The molecule has 5 heteroatoms. The summed E-state index contributed by atoms with van der Waals surface area (Å²) in [6.45, 7) is 4.53. The van der Waals surface area contributed by atoms with Gasteiger partial charge < -0.3 is 19.4 Å². The third kappa shape index (κ3) is 3.08. The molecule has 1 fully saturated rings. The Bertz CT molecular complexity index is 592. The molecular weight excluding hydrogens is 268 g/mol. The molecule has 1 atom stereocenters. The van der Waals surface area contributed by atoms with Crippen molar-refractivity contribution >= 4 is 17.3 Å². The van der Waals surface area contributed by atoms with Gasteiger partial charge in [0.2, 0.25) is 0 Å². The van der Waals surface area contributed by atoms with E-state index in [-0.39, 0.29) is 5.91 Å². The number of benzene rings is 1. The van der Waals surface area contributed by atoms with E-state index in [9.17, 15) is 4.79 Å². The molecule has 5 nitrogen and oxygen atoms in total. The van der Waals surface area contributed by atoms with Crippen molar-refractivity contribution in [2.45, 2.75) is 13.0 Å². The summed E-state index contributed by atoms with van der Waals surface area (Å²) in [7, 11) is 0. The summed E-state index contributed by atoms with van der Waals surface area (Å²) >= 11 is 0. The fraction of sp³-hybridized carbons (Fsp3) is 0.312. The Morgan fingerprint density at radius 3 is 2.76 bits per heavy atom. The Balaban J connectivity index is 1.68. The first kappa shape index (κ1) is 13.7. The van der Waals surface area contributed by atoms with Crippen LogP contribution in [0.3, 0.4) is 0 Å². The maximum Gasteiger partial charge on any atom is 0.291 e. The highest BCUT2D eigenvalue weighted by Gasteiger charge is 2.19. The fourth-order valence-electron chi connectivity index (χ4n) is 2.45. The number of nitrogens with zero attached hydrogens (tertiary/aromatic N) is 1.